The quantitative estimate of drug-likeness (QED) is 0.0938. The average molecular weight is 835 g/mol. The minimum absolute atomic E-state index is 0.0164. The highest BCUT2D eigenvalue weighted by molar-refractivity contribution is 6.03. The number of piperazine rings is 1. The summed E-state index contributed by atoms with van der Waals surface area (Å²) in [5, 5.41) is 11.5. The van der Waals surface area contributed by atoms with Crippen LogP contribution in [-0.4, -0.2) is 98.5 Å². The molecule has 5 aromatic rings. The fourth-order valence-corrected chi connectivity index (χ4v) is 9.42. The van der Waals surface area contributed by atoms with Gasteiger partial charge in [-0.15, -0.1) is 6.42 Å². The number of nitrogens with zero attached hydrogens (tertiary/aromatic N) is 6. The van der Waals surface area contributed by atoms with E-state index in [1.807, 2.05) is 4.90 Å². The minimum Gasteiger partial charge on any atom is -0.508 e. The van der Waals surface area contributed by atoms with Gasteiger partial charge in [0.2, 0.25) is 0 Å². The standard InChI is InChI=1S/C46H45F3N6O6/c1-5-33-36(48)14-9-27-17-31(56)18-34(37(27)33)39-38(49)40-35(20-50-39)41(52-43(51-40)60-25-46-15-6-16-54(46)21-28(47)19-46)53-22-29-10-11-30(23-53)55(29)44(58)59-24-26-7-12-32(13-8-26)61-42(57)45(2,3)4/h1,7-9,12-14,17-18,20,28-30,56H,6,10-11,15-16,19,21-25H2,2-4H3/t28-,29?,30?,46+/m1/s1. The van der Waals surface area contributed by atoms with E-state index in [1.165, 1.54) is 30.5 Å². The van der Waals surface area contributed by atoms with Crippen LogP contribution in [-0.2, 0) is 16.1 Å². The van der Waals surface area contributed by atoms with E-state index >= 15 is 8.78 Å². The molecule has 0 saturated carbocycles. The van der Waals surface area contributed by atoms with E-state index in [4.69, 9.17) is 25.6 Å². The number of terminal acetylenes is 1. The third kappa shape index (κ3) is 7.41. The number of rotatable bonds is 8. The number of amides is 1. The lowest BCUT2D eigenvalue weighted by Crippen LogP contribution is -2.56. The van der Waals surface area contributed by atoms with Crippen molar-refractivity contribution in [1.29, 1.82) is 0 Å². The summed E-state index contributed by atoms with van der Waals surface area (Å²) in [5.74, 6) is 1.01. The van der Waals surface area contributed by atoms with Crippen molar-refractivity contribution >= 4 is 39.6 Å². The van der Waals surface area contributed by atoms with E-state index in [0.717, 1.165) is 24.9 Å². The second-order valence-corrected chi connectivity index (χ2v) is 17.6. The molecule has 4 aliphatic heterocycles. The molecule has 61 heavy (non-hydrogen) atoms. The number of anilines is 1. The zero-order valence-electron chi connectivity index (χ0n) is 34.1. The van der Waals surface area contributed by atoms with Crippen LogP contribution in [0.25, 0.3) is 32.9 Å². The van der Waals surface area contributed by atoms with Crippen LogP contribution in [0, 0.1) is 29.4 Å². The van der Waals surface area contributed by atoms with Gasteiger partial charge < -0.3 is 24.2 Å². The van der Waals surface area contributed by atoms with Crippen molar-refractivity contribution < 1.29 is 42.1 Å². The molecular weight excluding hydrogens is 790 g/mol. The first-order valence-electron chi connectivity index (χ1n) is 20.5. The van der Waals surface area contributed by atoms with Crippen LogP contribution in [0.2, 0.25) is 0 Å². The fraction of sp³-hybridized carbons (Fsp3) is 0.413. The lowest BCUT2D eigenvalue weighted by atomic mass is 9.95. The third-order valence-electron chi connectivity index (χ3n) is 12.4. The van der Waals surface area contributed by atoms with Crippen molar-refractivity contribution in [2.75, 3.05) is 37.7 Å². The maximum atomic E-state index is 17.2. The molecule has 2 unspecified atom stereocenters. The van der Waals surface area contributed by atoms with Gasteiger partial charge in [-0.1, -0.05) is 24.1 Å². The zero-order chi connectivity index (χ0) is 42.8. The Hall–Kier alpha value is -6.14. The molecule has 4 saturated heterocycles. The molecule has 4 atom stereocenters. The third-order valence-corrected chi connectivity index (χ3v) is 12.4. The molecule has 6 heterocycles. The number of hydrogen-bond donors (Lipinski definition) is 1. The second-order valence-electron chi connectivity index (χ2n) is 17.6. The van der Waals surface area contributed by atoms with Crippen LogP contribution in [0.15, 0.2) is 54.7 Å². The molecule has 0 spiro atoms. The number of carbonyl (C=O) groups is 2. The lowest BCUT2D eigenvalue weighted by molar-refractivity contribution is -0.143. The number of esters is 1. The molecular formula is C46H45F3N6O6. The van der Waals surface area contributed by atoms with Gasteiger partial charge in [-0.25, -0.2) is 18.0 Å². The highest BCUT2D eigenvalue weighted by Gasteiger charge is 2.50. The summed E-state index contributed by atoms with van der Waals surface area (Å²) in [6, 6.07) is 11.5. The van der Waals surface area contributed by atoms with Gasteiger partial charge in [0.15, 0.2) is 5.82 Å². The van der Waals surface area contributed by atoms with Gasteiger partial charge >= 0.3 is 18.1 Å². The second kappa shape index (κ2) is 15.4. The SMILES string of the molecule is C#Cc1c(F)ccc2cc(O)cc(-c3ncc4c(N5CC6CCC(C5)N6C(=O)OCc5ccc(OC(=O)C(C)(C)C)cc5)nc(OC[C@@]56CCCN5C[C@H](F)C6)nc4c3F)c12. The van der Waals surface area contributed by atoms with Crippen LogP contribution in [0.1, 0.15) is 64.0 Å². The Kier molecular flexibility index (Phi) is 10.2. The number of benzene rings is 3. The van der Waals surface area contributed by atoms with Gasteiger partial charge in [0.25, 0.3) is 0 Å². The number of ether oxygens (including phenoxy) is 3. The first-order valence-corrected chi connectivity index (χ1v) is 20.5. The number of phenolic OH excluding ortho intramolecular Hbond substituents is 1. The highest BCUT2D eigenvalue weighted by atomic mass is 19.1. The first kappa shape index (κ1) is 40.3. The van der Waals surface area contributed by atoms with E-state index < -0.39 is 34.9 Å². The van der Waals surface area contributed by atoms with Crippen molar-refractivity contribution in [3.63, 3.8) is 0 Å². The molecule has 2 bridgehead atoms. The maximum Gasteiger partial charge on any atom is 0.410 e. The fourth-order valence-electron chi connectivity index (χ4n) is 9.42. The molecule has 1 N–H and O–H groups in total. The summed E-state index contributed by atoms with van der Waals surface area (Å²) in [4.78, 5) is 45.7. The summed E-state index contributed by atoms with van der Waals surface area (Å²) >= 11 is 0. The maximum absolute atomic E-state index is 17.2. The van der Waals surface area contributed by atoms with Crippen molar-refractivity contribution in [1.82, 2.24) is 24.8 Å². The Morgan fingerprint density at radius 1 is 1.03 bits per heavy atom. The molecule has 9 rings (SSSR count). The van der Waals surface area contributed by atoms with E-state index in [9.17, 15) is 19.1 Å². The normalized spacial score (nSPS) is 22.4. The number of aromatic nitrogens is 3. The van der Waals surface area contributed by atoms with Gasteiger partial charge in [0.05, 0.1) is 34.0 Å². The molecule has 1 amide bonds. The summed E-state index contributed by atoms with van der Waals surface area (Å²) in [5.41, 5.74) is -0.813. The number of aromatic hydroxyl groups is 1. The lowest BCUT2D eigenvalue weighted by Gasteiger charge is -2.41. The summed E-state index contributed by atoms with van der Waals surface area (Å²) in [7, 11) is 0. The van der Waals surface area contributed by atoms with Gasteiger partial charge in [-0.3, -0.25) is 19.6 Å². The van der Waals surface area contributed by atoms with E-state index in [-0.39, 0.29) is 76.1 Å². The van der Waals surface area contributed by atoms with Crippen molar-refractivity contribution in [3.8, 4) is 41.1 Å². The smallest absolute Gasteiger partial charge is 0.410 e. The Morgan fingerprint density at radius 2 is 1.79 bits per heavy atom. The van der Waals surface area contributed by atoms with Crippen LogP contribution < -0.4 is 14.4 Å². The van der Waals surface area contributed by atoms with Crippen molar-refractivity contribution in [2.45, 2.75) is 83.3 Å². The van der Waals surface area contributed by atoms with Crippen molar-refractivity contribution in [3.05, 3.63) is 77.5 Å². The Bertz CT molecular complexity index is 2600. The first-order chi connectivity index (χ1) is 29.2. The number of halogens is 3. The van der Waals surface area contributed by atoms with Gasteiger partial charge in [0.1, 0.15) is 53.7 Å². The number of phenols is 1. The topological polar surface area (TPSA) is 130 Å². The Labute approximate surface area is 350 Å². The molecule has 316 valence electrons. The Morgan fingerprint density at radius 3 is 2.51 bits per heavy atom. The van der Waals surface area contributed by atoms with Gasteiger partial charge in [-0.2, -0.15) is 9.97 Å². The Balaban J connectivity index is 1.01. The van der Waals surface area contributed by atoms with E-state index in [2.05, 4.69) is 20.8 Å². The zero-order valence-corrected chi connectivity index (χ0v) is 34.1. The molecule has 4 aliphatic rings. The largest absolute Gasteiger partial charge is 0.508 e. The van der Waals surface area contributed by atoms with Crippen molar-refractivity contribution in [2.24, 2.45) is 5.41 Å². The molecule has 0 aliphatic carbocycles. The van der Waals surface area contributed by atoms with Gasteiger partial charge in [0, 0.05) is 43.2 Å². The van der Waals surface area contributed by atoms with Crippen LogP contribution >= 0.6 is 0 Å². The van der Waals surface area contributed by atoms with Crippen LogP contribution in [0.3, 0.4) is 0 Å². The summed E-state index contributed by atoms with van der Waals surface area (Å²) < 4.78 is 64.4. The number of alkyl halides is 1. The predicted molar refractivity (Wildman–Crippen MR) is 221 cm³/mol. The molecule has 4 fully saturated rings. The van der Waals surface area contributed by atoms with Gasteiger partial charge in [-0.05, 0) is 94.3 Å². The molecule has 0 radical (unpaired) electrons. The van der Waals surface area contributed by atoms with E-state index in [0.29, 0.717) is 55.9 Å². The predicted octanol–water partition coefficient (Wildman–Crippen LogP) is 7.71. The van der Waals surface area contributed by atoms with E-state index in [1.54, 1.807) is 49.9 Å². The molecule has 3 aromatic carbocycles. The number of pyridine rings is 1. The highest BCUT2D eigenvalue weighted by Crippen LogP contribution is 2.43. The minimum atomic E-state index is -0.984. The molecule has 2 aromatic heterocycles. The monoisotopic (exact) mass is 834 g/mol. The number of carbonyl (C=O) groups excluding carboxylic acids is 2. The molecule has 15 heteroatoms. The van der Waals surface area contributed by atoms with Crippen LogP contribution in [0.5, 0.6) is 17.5 Å². The molecule has 12 nitrogen and oxygen atoms in total. The summed E-state index contributed by atoms with van der Waals surface area (Å²) in [6.45, 7) is 7.22. The number of fused-ring (bicyclic) bond motifs is 5. The van der Waals surface area contributed by atoms with Crippen LogP contribution in [0.4, 0.5) is 23.8 Å². The average Bonchev–Trinajstić information content (AvgIpc) is 3.85. The summed E-state index contributed by atoms with van der Waals surface area (Å²) in [6.07, 6.45) is 9.09. The number of hydrogen-bond acceptors (Lipinski definition) is 11.